The summed E-state index contributed by atoms with van der Waals surface area (Å²) in [6.45, 7) is 0. The lowest BCUT2D eigenvalue weighted by Gasteiger charge is -2.23. The monoisotopic (exact) mass is 307 g/mol. The third-order valence-electron chi connectivity index (χ3n) is 3.49. The maximum absolute atomic E-state index is 12.2. The zero-order chi connectivity index (χ0) is 12.9. The molecular weight excluding hydrogens is 298 g/mol. The normalized spacial score (nSPS) is 26.9. The van der Waals surface area contributed by atoms with Gasteiger partial charge in [0.2, 0.25) is 0 Å². The van der Waals surface area contributed by atoms with Crippen LogP contribution in [0.4, 0.5) is 0 Å². The summed E-state index contributed by atoms with van der Waals surface area (Å²) in [5.74, 6) is -0.531. The van der Waals surface area contributed by atoms with Crippen LogP contribution in [0.3, 0.4) is 0 Å². The maximum atomic E-state index is 12.2. The minimum absolute atomic E-state index is 0.0524. The van der Waals surface area contributed by atoms with Crippen molar-refractivity contribution in [3.8, 4) is 0 Å². The quantitative estimate of drug-likeness (QED) is 0.587. The molecule has 2 amide bonds. The number of amides is 2. The number of carbonyl (C=O) groups excluding carboxylic acids is 3. The summed E-state index contributed by atoms with van der Waals surface area (Å²) in [6.07, 6.45) is 0.953. The standard InChI is InChI=1S/C13H10BrNO3/c14-11-9(5-6-10(11)16)15-12(17)7-3-1-2-4-8(7)13(15)18/h1-4,9,11H,5-6H2. The number of hydrogen-bond acceptors (Lipinski definition) is 3. The first-order valence-electron chi connectivity index (χ1n) is 5.75. The van der Waals surface area contributed by atoms with E-state index in [1.54, 1.807) is 24.3 Å². The molecule has 1 saturated carbocycles. The topological polar surface area (TPSA) is 54.5 Å². The van der Waals surface area contributed by atoms with Gasteiger partial charge in [0.05, 0.1) is 22.0 Å². The van der Waals surface area contributed by atoms with Crippen molar-refractivity contribution in [3.05, 3.63) is 35.4 Å². The van der Waals surface area contributed by atoms with E-state index in [0.717, 1.165) is 0 Å². The van der Waals surface area contributed by atoms with Crippen LogP contribution in [0.15, 0.2) is 24.3 Å². The van der Waals surface area contributed by atoms with Gasteiger partial charge in [-0.3, -0.25) is 19.3 Å². The van der Waals surface area contributed by atoms with Crippen molar-refractivity contribution in [2.45, 2.75) is 23.7 Å². The van der Waals surface area contributed by atoms with E-state index in [0.29, 0.717) is 24.0 Å². The smallest absolute Gasteiger partial charge is 0.261 e. The molecule has 0 radical (unpaired) electrons. The third-order valence-corrected chi connectivity index (χ3v) is 4.61. The summed E-state index contributed by atoms with van der Waals surface area (Å²) in [4.78, 5) is 36.8. The summed E-state index contributed by atoms with van der Waals surface area (Å²) >= 11 is 3.28. The predicted molar refractivity (Wildman–Crippen MR) is 67.7 cm³/mol. The maximum Gasteiger partial charge on any atom is 0.261 e. The van der Waals surface area contributed by atoms with Crippen molar-refractivity contribution < 1.29 is 14.4 Å². The van der Waals surface area contributed by atoms with Gasteiger partial charge in [0, 0.05) is 6.42 Å². The van der Waals surface area contributed by atoms with Crippen LogP contribution >= 0.6 is 15.9 Å². The van der Waals surface area contributed by atoms with Gasteiger partial charge in [-0.05, 0) is 18.6 Å². The predicted octanol–water partition coefficient (Wildman–Crippen LogP) is 1.78. The van der Waals surface area contributed by atoms with Gasteiger partial charge < -0.3 is 0 Å². The number of imide groups is 1. The van der Waals surface area contributed by atoms with Gasteiger partial charge in [-0.15, -0.1) is 0 Å². The highest BCUT2D eigenvalue weighted by Crippen LogP contribution is 2.33. The molecule has 0 bridgehead atoms. The lowest BCUT2D eigenvalue weighted by molar-refractivity contribution is -0.117. The molecule has 2 atom stereocenters. The molecule has 0 aromatic heterocycles. The molecule has 5 heteroatoms. The molecule has 1 aliphatic carbocycles. The molecule has 0 spiro atoms. The number of Topliss-reactive ketones (excluding diaryl/α,β-unsaturated/α-hetero) is 1. The Morgan fingerprint density at radius 1 is 1.06 bits per heavy atom. The Labute approximate surface area is 112 Å². The van der Waals surface area contributed by atoms with Crippen LogP contribution in [0.2, 0.25) is 0 Å². The van der Waals surface area contributed by atoms with Crippen LogP contribution in [-0.4, -0.2) is 33.4 Å². The molecule has 1 heterocycles. The lowest BCUT2D eigenvalue weighted by atomic mass is 10.1. The van der Waals surface area contributed by atoms with Gasteiger partial charge >= 0.3 is 0 Å². The molecule has 18 heavy (non-hydrogen) atoms. The van der Waals surface area contributed by atoms with Crippen molar-refractivity contribution in [2.75, 3.05) is 0 Å². The molecule has 2 aliphatic rings. The van der Waals surface area contributed by atoms with E-state index in [2.05, 4.69) is 15.9 Å². The number of ketones is 1. The van der Waals surface area contributed by atoms with Crippen LogP contribution in [0, 0.1) is 0 Å². The number of carbonyl (C=O) groups is 3. The lowest BCUT2D eigenvalue weighted by Crippen LogP contribution is -2.43. The minimum atomic E-state index is -0.431. The zero-order valence-corrected chi connectivity index (χ0v) is 11.0. The number of halogens is 1. The Morgan fingerprint density at radius 2 is 1.61 bits per heavy atom. The molecule has 2 unspecified atom stereocenters. The Morgan fingerprint density at radius 3 is 2.06 bits per heavy atom. The van der Waals surface area contributed by atoms with Crippen LogP contribution in [0.5, 0.6) is 0 Å². The highest BCUT2D eigenvalue weighted by atomic mass is 79.9. The van der Waals surface area contributed by atoms with Crippen LogP contribution < -0.4 is 0 Å². The Hall–Kier alpha value is -1.49. The highest BCUT2D eigenvalue weighted by Gasteiger charge is 2.46. The van der Waals surface area contributed by atoms with Crippen molar-refractivity contribution in [3.63, 3.8) is 0 Å². The summed E-state index contributed by atoms with van der Waals surface area (Å²) in [5, 5.41) is 0. The molecule has 3 rings (SSSR count). The molecule has 1 aromatic rings. The molecule has 4 nitrogen and oxygen atoms in total. The molecule has 1 fully saturated rings. The number of alkyl halides is 1. The third kappa shape index (κ3) is 1.47. The fourth-order valence-electron chi connectivity index (χ4n) is 2.56. The Balaban J connectivity index is 2.00. The van der Waals surface area contributed by atoms with Gasteiger partial charge in [0.25, 0.3) is 11.8 Å². The first kappa shape index (κ1) is 11.6. The largest absolute Gasteiger partial charge is 0.298 e. The van der Waals surface area contributed by atoms with Gasteiger partial charge in [0.1, 0.15) is 5.78 Å². The van der Waals surface area contributed by atoms with Crippen LogP contribution in [-0.2, 0) is 4.79 Å². The Bertz CT molecular complexity index is 534. The number of rotatable bonds is 1. The van der Waals surface area contributed by atoms with Crippen molar-refractivity contribution in [2.24, 2.45) is 0 Å². The summed E-state index contributed by atoms with van der Waals surface area (Å²) in [6, 6.07) is 6.41. The first-order chi connectivity index (χ1) is 8.61. The van der Waals surface area contributed by atoms with E-state index >= 15 is 0 Å². The second-order valence-corrected chi connectivity index (χ2v) is 5.49. The van der Waals surface area contributed by atoms with E-state index < -0.39 is 4.83 Å². The minimum Gasteiger partial charge on any atom is -0.298 e. The fourth-order valence-corrected chi connectivity index (χ4v) is 3.29. The second-order valence-electron chi connectivity index (χ2n) is 4.50. The Kier molecular flexibility index (Phi) is 2.59. The number of nitrogens with zero attached hydrogens (tertiary/aromatic N) is 1. The van der Waals surface area contributed by atoms with E-state index in [9.17, 15) is 14.4 Å². The average molecular weight is 308 g/mol. The van der Waals surface area contributed by atoms with Crippen molar-refractivity contribution in [1.82, 2.24) is 4.90 Å². The summed E-state index contributed by atoms with van der Waals surface area (Å²) in [7, 11) is 0. The van der Waals surface area contributed by atoms with E-state index in [-0.39, 0.29) is 23.6 Å². The molecule has 1 aromatic carbocycles. The van der Waals surface area contributed by atoms with Crippen molar-refractivity contribution >= 4 is 33.5 Å². The van der Waals surface area contributed by atoms with Gasteiger partial charge in [-0.1, -0.05) is 28.1 Å². The van der Waals surface area contributed by atoms with Gasteiger partial charge in [0.15, 0.2) is 0 Å². The molecule has 0 N–H and O–H groups in total. The number of fused-ring (bicyclic) bond motifs is 1. The average Bonchev–Trinajstić information content (AvgIpc) is 2.82. The van der Waals surface area contributed by atoms with E-state index in [4.69, 9.17) is 0 Å². The molecule has 92 valence electrons. The molecule has 0 saturated heterocycles. The van der Waals surface area contributed by atoms with Crippen LogP contribution in [0.1, 0.15) is 33.6 Å². The van der Waals surface area contributed by atoms with E-state index in [1.165, 1.54) is 4.90 Å². The van der Waals surface area contributed by atoms with Gasteiger partial charge in [-0.25, -0.2) is 0 Å². The SMILES string of the molecule is O=C1CCC(N2C(=O)c3ccccc3C2=O)C1Br. The fraction of sp³-hybridized carbons (Fsp3) is 0.308. The first-order valence-corrected chi connectivity index (χ1v) is 6.66. The summed E-state index contributed by atoms with van der Waals surface area (Å²) in [5.41, 5.74) is 0.864. The van der Waals surface area contributed by atoms with Crippen LogP contribution in [0.25, 0.3) is 0 Å². The number of benzene rings is 1. The zero-order valence-electron chi connectivity index (χ0n) is 9.43. The highest BCUT2D eigenvalue weighted by molar-refractivity contribution is 9.10. The van der Waals surface area contributed by atoms with E-state index in [1.807, 2.05) is 0 Å². The number of hydrogen-bond donors (Lipinski definition) is 0. The second kappa shape index (κ2) is 4.02. The molecule has 1 aliphatic heterocycles. The van der Waals surface area contributed by atoms with Crippen molar-refractivity contribution in [1.29, 1.82) is 0 Å². The van der Waals surface area contributed by atoms with Gasteiger partial charge in [-0.2, -0.15) is 0 Å². The molecular formula is C13H10BrNO3. The summed E-state index contributed by atoms with van der Waals surface area (Å²) < 4.78 is 0.